The zero-order valence-electron chi connectivity index (χ0n) is 11.8. The maximum Gasteiger partial charge on any atom is 0.282 e. The zero-order chi connectivity index (χ0) is 14.6. The van der Waals surface area contributed by atoms with Crippen molar-refractivity contribution in [2.24, 2.45) is 11.7 Å². The van der Waals surface area contributed by atoms with Crippen LogP contribution in [0.1, 0.15) is 25.7 Å². The van der Waals surface area contributed by atoms with Crippen LogP contribution >= 0.6 is 0 Å². The van der Waals surface area contributed by atoms with Gasteiger partial charge in [0.05, 0.1) is 0 Å². The minimum Gasteiger partial charge on any atom is -0.370 e. The number of amides is 1. The van der Waals surface area contributed by atoms with Gasteiger partial charge >= 0.3 is 0 Å². The summed E-state index contributed by atoms with van der Waals surface area (Å²) in [4.78, 5) is 10.9. The molecule has 0 bridgehead atoms. The lowest BCUT2D eigenvalue weighted by Gasteiger charge is -2.34. The van der Waals surface area contributed by atoms with Crippen LogP contribution in [-0.2, 0) is 15.0 Å². The molecule has 3 N–H and O–H groups in total. The highest BCUT2D eigenvalue weighted by Gasteiger charge is 2.33. The molecule has 1 amide bonds. The van der Waals surface area contributed by atoms with Gasteiger partial charge < -0.3 is 11.1 Å². The van der Waals surface area contributed by atoms with Gasteiger partial charge in [0.15, 0.2) is 0 Å². The van der Waals surface area contributed by atoms with E-state index in [1.807, 2.05) is 0 Å². The first-order chi connectivity index (χ1) is 9.50. The summed E-state index contributed by atoms with van der Waals surface area (Å²) < 4.78 is 28.2. The van der Waals surface area contributed by atoms with Gasteiger partial charge in [0.2, 0.25) is 5.91 Å². The molecule has 20 heavy (non-hydrogen) atoms. The van der Waals surface area contributed by atoms with Gasteiger partial charge in [-0.3, -0.25) is 4.79 Å². The Balaban J connectivity index is 1.92. The fraction of sp³-hybridized carbons (Fsp3) is 0.917. The summed E-state index contributed by atoms with van der Waals surface area (Å²) in [5.41, 5.74) is 5.19. The number of hydrogen-bond acceptors (Lipinski definition) is 4. The molecule has 0 aliphatic carbocycles. The van der Waals surface area contributed by atoms with Crippen LogP contribution in [0.5, 0.6) is 0 Å². The van der Waals surface area contributed by atoms with E-state index in [4.69, 9.17) is 5.73 Å². The van der Waals surface area contributed by atoms with Crippen LogP contribution in [0, 0.1) is 5.92 Å². The maximum absolute atomic E-state index is 12.6. The second-order valence-corrected chi connectivity index (χ2v) is 7.45. The number of nitrogens with zero attached hydrogens (tertiary/aromatic N) is 2. The average molecular weight is 304 g/mol. The third-order valence-electron chi connectivity index (χ3n) is 4.01. The fourth-order valence-corrected chi connectivity index (χ4v) is 4.52. The highest BCUT2D eigenvalue weighted by atomic mass is 32.2. The Morgan fingerprint density at radius 1 is 1.10 bits per heavy atom. The van der Waals surface area contributed by atoms with Gasteiger partial charge in [-0.1, -0.05) is 0 Å². The van der Waals surface area contributed by atoms with Crippen LogP contribution in [0.25, 0.3) is 0 Å². The third-order valence-corrected chi connectivity index (χ3v) is 6.05. The Kier molecular flexibility index (Phi) is 5.36. The number of carbonyl (C=O) groups is 1. The molecule has 0 aromatic heterocycles. The van der Waals surface area contributed by atoms with E-state index in [9.17, 15) is 13.2 Å². The molecule has 2 heterocycles. The van der Waals surface area contributed by atoms with E-state index in [2.05, 4.69) is 5.32 Å². The normalized spacial score (nSPS) is 24.4. The molecule has 0 aromatic rings. The largest absolute Gasteiger partial charge is 0.370 e. The summed E-state index contributed by atoms with van der Waals surface area (Å²) >= 11 is 0. The fourth-order valence-electron chi connectivity index (χ4n) is 2.84. The Hall–Kier alpha value is -0.700. The van der Waals surface area contributed by atoms with E-state index in [1.165, 1.54) is 0 Å². The summed E-state index contributed by atoms with van der Waals surface area (Å²) in [5.74, 6) is -0.0744. The lowest BCUT2D eigenvalue weighted by Crippen LogP contribution is -2.48. The Labute approximate surface area is 120 Å². The van der Waals surface area contributed by atoms with E-state index in [-0.39, 0.29) is 11.8 Å². The van der Waals surface area contributed by atoms with Crippen molar-refractivity contribution in [2.75, 3.05) is 39.3 Å². The van der Waals surface area contributed by atoms with Crippen LogP contribution in [0.3, 0.4) is 0 Å². The van der Waals surface area contributed by atoms with Crippen LogP contribution in [-0.4, -0.2) is 62.2 Å². The standard InChI is InChI=1S/C12H24N4O3S/c13-12(17)10-11-2-7-16(8-3-11)20(18,19)15-6-1-4-14-5-9-15/h11,14H,1-10H2,(H2,13,17). The van der Waals surface area contributed by atoms with E-state index in [1.54, 1.807) is 8.61 Å². The minimum absolute atomic E-state index is 0.227. The molecule has 8 heteroatoms. The van der Waals surface area contributed by atoms with Gasteiger partial charge in [0, 0.05) is 39.1 Å². The molecule has 0 atom stereocenters. The zero-order valence-corrected chi connectivity index (χ0v) is 12.6. The molecule has 2 aliphatic heterocycles. The molecule has 0 saturated carbocycles. The van der Waals surface area contributed by atoms with Crippen molar-refractivity contribution >= 4 is 16.1 Å². The Morgan fingerprint density at radius 3 is 2.40 bits per heavy atom. The van der Waals surface area contributed by atoms with Crippen LogP contribution in [0.2, 0.25) is 0 Å². The predicted molar refractivity (Wildman–Crippen MR) is 76.1 cm³/mol. The summed E-state index contributed by atoms with van der Waals surface area (Å²) in [6.07, 6.45) is 2.64. The monoisotopic (exact) mass is 304 g/mol. The van der Waals surface area contributed by atoms with Crippen molar-refractivity contribution in [2.45, 2.75) is 25.7 Å². The minimum atomic E-state index is -3.35. The number of rotatable bonds is 4. The molecular formula is C12H24N4O3S. The number of primary amides is 1. The maximum atomic E-state index is 12.6. The molecule has 0 radical (unpaired) electrons. The molecule has 2 aliphatic rings. The van der Waals surface area contributed by atoms with Crippen molar-refractivity contribution in [3.8, 4) is 0 Å². The highest BCUT2D eigenvalue weighted by Crippen LogP contribution is 2.23. The summed E-state index contributed by atoms with van der Waals surface area (Å²) in [6, 6.07) is 0. The van der Waals surface area contributed by atoms with Gasteiger partial charge in [-0.25, -0.2) is 0 Å². The topological polar surface area (TPSA) is 95.7 Å². The second-order valence-electron chi connectivity index (χ2n) is 5.52. The van der Waals surface area contributed by atoms with Gasteiger partial charge in [-0.05, 0) is 31.7 Å². The third kappa shape index (κ3) is 3.91. The quantitative estimate of drug-likeness (QED) is 0.704. The SMILES string of the molecule is NC(=O)CC1CCN(S(=O)(=O)N2CCCNCC2)CC1. The van der Waals surface area contributed by atoms with E-state index in [0.717, 1.165) is 13.0 Å². The molecule has 0 aromatic carbocycles. The lowest BCUT2D eigenvalue weighted by atomic mass is 9.94. The molecule has 2 saturated heterocycles. The number of piperidine rings is 1. The van der Waals surface area contributed by atoms with E-state index < -0.39 is 10.2 Å². The van der Waals surface area contributed by atoms with Crippen molar-refractivity contribution in [1.29, 1.82) is 0 Å². The van der Waals surface area contributed by atoms with Crippen LogP contribution in [0.15, 0.2) is 0 Å². The van der Waals surface area contributed by atoms with Crippen molar-refractivity contribution in [3.05, 3.63) is 0 Å². The first-order valence-corrected chi connectivity index (χ1v) is 8.64. The molecule has 2 rings (SSSR count). The van der Waals surface area contributed by atoms with Crippen molar-refractivity contribution in [3.63, 3.8) is 0 Å². The molecule has 7 nitrogen and oxygen atoms in total. The number of nitrogens with one attached hydrogen (secondary N) is 1. The molecule has 2 fully saturated rings. The van der Waals surface area contributed by atoms with Crippen molar-refractivity contribution in [1.82, 2.24) is 13.9 Å². The second kappa shape index (κ2) is 6.84. The Morgan fingerprint density at radius 2 is 1.75 bits per heavy atom. The summed E-state index contributed by atoms with van der Waals surface area (Å²) in [6.45, 7) is 3.67. The predicted octanol–water partition coefficient (Wildman–Crippen LogP) is -0.886. The molecular weight excluding hydrogens is 280 g/mol. The molecule has 0 unspecified atom stereocenters. The Bertz CT molecular complexity index is 424. The van der Waals surface area contributed by atoms with E-state index in [0.29, 0.717) is 52.0 Å². The number of hydrogen-bond donors (Lipinski definition) is 2. The smallest absolute Gasteiger partial charge is 0.282 e. The van der Waals surface area contributed by atoms with Crippen LogP contribution in [0.4, 0.5) is 0 Å². The summed E-state index contributed by atoms with van der Waals surface area (Å²) in [5, 5.41) is 3.20. The number of nitrogens with two attached hydrogens (primary N) is 1. The van der Waals surface area contributed by atoms with E-state index >= 15 is 0 Å². The summed E-state index contributed by atoms with van der Waals surface area (Å²) in [7, 11) is -3.35. The van der Waals surface area contributed by atoms with Gasteiger partial charge in [0.1, 0.15) is 0 Å². The lowest BCUT2D eigenvalue weighted by molar-refractivity contribution is -0.119. The van der Waals surface area contributed by atoms with Crippen LogP contribution < -0.4 is 11.1 Å². The first-order valence-electron chi connectivity index (χ1n) is 7.24. The molecule has 116 valence electrons. The first kappa shape index (κ1) is 15.7. The average Bonchev–Trinajstić information content (AvgIpc) is 2.68. The molecule has 0 spiro atoms. The number of carbonyl (C=O) groups excluding carboxylic acids is 1. The highest BCUT2D eigenvalue weighted by molar-refractivity contribution is 7.86. The van der Waals surface area contributed by atoms with Gasteiger partial charge in [-0.15, -0.1) is 0 Å². The van der Waals surface area contributed by atoms with Crippen molar-refractivity contribution < 1.29 is 13.2 Å². The van der Waals surface area contributed by atoms with Gasteiger partial charge in [0.25, 0.3) is 10.2 Å². The van der Waals surface area contributed by atoms with Gasteiger partial charge in [-0.2, -0.15) is 17.0 Å².